The fraction of sp³-hybridized carbons (Fsp3) is 0.273. The predicted octanol–water partition coefficient (Wildman–Crippen LogP) is 3.10. The lowest BCUT2D eigenvalue weighted by atomic mass is 10.0. The topological polar surface area (TPSA) is 89.7 Å². The highest BCUT2D eigenvalue weighted by Crippen LogP contribution is 2.38. The van der Waals surface area contributed by atoms with Crippen LogP contribution in [-0.2, 0) is 6.54 Å². The average Bonchev–Trinajstić information content (AvgIpc) is 2.72. The predicted molar refractivity (Wildman–Crippen MR) is 111 cm³/mol. The number of aromatic amines is 1. The monoisotopic (exact) mass is 396 g/mol. The lowest BCUT2D eigenvalue weighted by Gasteiger charge is -2.14. The molecule has 0 radical (unpaired) electrons. The van der Waals surface area contributed by atoms with Crippen LogP contribution in [0.3, 0.4) is 0 Å². The van der Waals surface area contributed by atoms with Gasteiger partial charge in [0.1, 0.15) is 0 Å². The van der Waals surface area contributed by atoms with Gasteiger partial charge in [-0.3, -0.25) is 9.59 Å². The molecule has 7 heteroatoms. The van der Waals surface area contributed by atoms with Gasteiger partial charge in [0.05, 0.1) is 21.3 Å². The summed E-state index contributed by atoms with van der Waals surface area (Å²) in [5.74, 6) is 0.810. The standard InChI is InChI=1S/C22H24N2O5/c1-12-6-14-8-16(22(26)24-17(14)7-13(12)2)11-23-21(25)15-9-18(27-3)20(29-5)19(10-15)28-4/h6-10H,11H2,1-5H3,(H,23,25)(H,24,26). The summed E-state index contributed by atoms with van der Waals surface area (Å²) in [6.45, 7) is 4.11. The first-order chi connectivity index (χ1) is 13.9. The van der Waals surface area contributed by atoms with E-state index in [9.17, 15) is 9.59 Å². The number of hydrogen-bond acceptors (Lipinski definition) is 5. The van der Waals surface area contributed by atoms with Crippen LogP contribution in [0.25, 0.3) is 10.9 Å². The molecule has 3 aromatic rings. The fourth-order valence-corrected chi connectivity index (χ4v) is 3.14. The second kappa shape index (κ2) is 8.26. The number of fused-ring (bicyclic) bond motifs is 1. The Labute approximate surface area is 168 Å². The minimum atomic E-state index is -0.358. The van der Waals surface area contributed by atoms with Crippen molar-refractivity contribution >= 4 is 16.8 Å². The van der Waals surface area contributed by atoms with Gasteiger partial charge in [0.15, 0.2) is 11.5 Å². The fourth-order valence-electron chi connectivity index (χ4n) is 3.14. The van der Waals surface area contributed by atoms with E-state index >= 15 is 0 Å². The van der Waals surface area contributed by atoms with E-state index in [2.05, 4.69) is 10.3 Å². The number of carbonyl (C=O) groups is 1. The summed E-state index contributed by atoms with van der Waals surface area (Å²) in [5.41, 5.74) is 3.60. The van der Waals surface area contributed by atoms with E-state index in [-0.39, 0.29) is 18.0 Å². The third-order valence-electron chi connectivity index (χ3n) is 4.90. The van der Waals surface area contributed by atoms with E-state index in [1.165, 1.54) is 21.3 Å². The van der Waals surface area contributed by atoms with Crippen LogP contribution in [0, 0.1) is 13.8 Å². The highest BCUT2D eigenvalue weighted by molar-refractivity contribution is 5.95. The van der Waals surface area contributed by atoms with E-state index in [0.29, 0.717) is 28.4 Å². The molecular weight excluding hydrogens is 372 g/mol. The van der Waals surface area contributed by atoms with Crippen molar-refractivity contribution in [2.75, 3.05) is 21.3 Å². The molecule has 2 N–H and O–H groups in total. The Morgan fingerprint density at radius 1 is 0.931 bits per heavy atom. The second-order valence-electron chi connectivity index (χ2n) is 6.74. The highest BCUT2D eigenvalue weighted by atomic mass is 16.5. The zero-order valence-corrected chi connectivity index (χ0v) is 17.1. The normalized spacial score (nSPS) is 10.7. The molecule has 1 aromatic heterocycles. The van der Waals surface area contributed by atoms with Gasteiger partial charge in [-0.1, -0.05) is 0 Å². The molecule has 2 aromatic carbocycles. The molecule has 29 heavy (non-hydrogen) atoms. The van der Waals surface area contributed by atoms with E-state index in [1.807, 2.05) is 26.0 Å². The molecule has 0 atom stereocenters. The number of aryl methyl sites for hydroxylation is 2. The Bertz CT molecular complexity index is 1110. The maximum atomic E-state index is 12.7. The number of pyridine rings is 1. The molecule has 0 aliphatic carbocycles. The lowest BCUT2D eigenvalue weighted by molar-refractivity contribution is 0.0950. The van der Waals surface area contributed by atoms with Crippen molar-refractivity contribution in [3.8, 4) is 17.2 Å². The maximum absolute atomic E-state index is 12.7. The zero-order valence-electron chi connectivity index (χ0n) is 17.1. The van der Waals surface area contributed by atoms with Crippen LogP contribution in [0.5, 0.6) is 17.2 Å². The Balaban J connectivity index is 1.86. The van der Waals surface area contributed by atoms with E-state index < -0.39 is 0 Å². The molecule has 0 bridgehead atoms. The van der Waals surface area contributed by atoms with Gasteiger partial charge in [-0.25, -0.2) is 0 Å². The van der Waals surface area contributed by atoms with Crippen molar-refractivity contribution in [1.29, 1.82) is 0 Å². The second-order valence-corrected chi connectivity index (χ2v) is 6.74. The molecular formula is C22H24N2O5. The molecule has 0 aliphatic rings. The Kier molecular flexibility index (Phi) is 5.77. The number of benzene rings is 2. The highest BCUT2D eigenvalue weighted by Gasteiger charge is 2.17. The molecule has 3 rings (SSSR count). The molecule has 1 heterocycles. The van der Waals surface area contributed by atoms with Crippen LogP contribution >= 0.6 is 0 Å². The molecule has 152 valence electrons. The van der Waals surface area contributed by atoms with Crippen LogP contribution in [0.1, 0.15) is 27.0 Å². The van der Waals surface area contributed by atoms with Gasteiger partial charge in [0.25, 0.3) is 11.5 Å². The summed E-state index contributed by atoms with van der Waals surface area (Å²) < 4.78 is 15.8. The first-order valence-corrected chi connectivity index (χ1v) is 9.09. The smallest absolute Gasteiger partial charge is 0.253 e. The molecule has 0 fully saturated rings. The van der Waals surface area contributed by atoms with E-state index in [0.717, 1.165) is 22.0 Å². The summed E-state index contributed by atoms with van der Waals surface area (Å²) in [7, 11) is 4.46. The van der Waals surface area contributed by atoms with Crippen molar-refractivity contribution in [3.63, 3.8) is 0 Å². The molecule has 7 nitrogen and oxygen atoms in total. The lowest BCUT2D eigenvalue weighted by Crippen LogP contribution is -2.26. The minimum absolute atomic E-state index is 0.0910. The van der Waals surface area contributed by atoms with Gasteiger partial charge in [-0.05, 0) is 60.7 Å². The van der Waals surface area contributed by atoms with E-state index in [4.69, 9.17) is 14.2 Å². The van der Waals surface area contributed by atoms with Gasteiger partial charge >= 0.3 is 0 Å². The average molecular weight is 396 g/mol. The Morgan fingerprint density at radius 2 is 1.55 bits per heavy atom. The number of nitrogens with one attached hydrogen (secondary N) is 2. The van der Waals surface area contributed by atoms with Gasteiger partial charge in [-0.15, -0.1) is 0 Å². The first-order valence-electron chi connectivity index (χ1n) is 9.09. The number of methoxy groups -OCH3 is 3. The summed E-state index contributed by atoms with van der Waals surface area (Å²) >= 11 is 0. The number of rotatable bonds is 6. The van der Waals surface area contributed by atoms with Gasteiger partial charge in [-0.2, -0.15) is 0 Å². The molecule has 0 aliphatic heterocycles. The molecule has 1 amide bonds. The summed E-state index contributed by atoms with van der Waals surface area (Å²) in [4.78, 5) is 27.9. The van der Waals surface area contributed by atoms with Crippen molar-refractivity contribution in [1.82, 2.24) is 10.3 Å². The van der Waals surface area contributed by atoms with E-state index in [1.54, 1.807) is 18.2 Å². The number of aromatic nitrogens is 1. The number of hydrogen-bond donors (Lipinski definition) is 2. The molecule has 0 saturated heterocycles. The molecule has 0 unspecified atom stereocenters. The quantitative estimate of drug-likeness (QED) is 0.668. The van der Waals surface area contributed by atoms with Crippen molar-refractivity contribution in [2.45, 2.75) is 20.4 Å². The number of H-pyrrole nitrogens is 1. The number of carbonyl (C=O) groups excluding carboxylic acids is 1. The summed E-state index contributed by atoms with van der Waals surface area (Å²) in [6, 6.07) is 8.90. The van der Waals surface area contributed by atoms with Crippen LogP contribution in [0.15, 0.2) is 35.1 Å². The molecule has 0 saturated carbocycles. The van der Waals surface area contributed by atoms with Crippen molar-refractivity contribution < 1.29 is 19.0 Å². The van der Waals surface area contributed by atoms with Crippen LogP contribution in [0.4, 0.5) is 0 Å². The number of amides is 1. The maximum Gasteiger partial charge on any atom is 0.253 e. The van der Waals surface area contributed by atoms with Gasteiger partial charge in [0.2, 0.25) is 5.75 Å². The van der Waals surface area contributed by atoms with Crippen LogP contribution in [0.2, 0.25) is 0 Å². The Hall–Kier alpha value is -3.48. The number of ether oxygens (including phenoxy) is 3. The van der Waals surface area contributed by atoms with Gasteiger partial charge in [0, 0.05) is 23.2 Å². The summed E-state index contributed by atoms with van der Waals surface area (Å²) in [5, 5.41) is 3.70. The van der Waals surface area contributed by atoms with Crippen LogP contribution < -0.4 is 25.1 Å². The third-order valence-corrected chi connectivity index (χ3v) is 4.90. The first kappa shape index (κ1) is 20.3. The SMILES string of the molecule is COc1cc(C(=O)NCc2cc3cc(C)c(C)cc3[nH]c2=O)cc(OC)c1OC. The van der Waals surface area contributed by atoms with Gasteiger partial charge < -0.3 is 24.5 Å². The zero-order chi connectivity index (χ0) is 21.1. The van der Waals surface area contributed by atoms with Crippen molar-refractivity contribution in [2.24, 2.45) is 0 Å². The molecule has 0 spiro atoms. The summed E-state index contributed by atoms with van der Waals surface area (Å²) in [6.07, 6.45) is 0. The largest absolute Gasteiger partial charge is 0.493 e. The third kappa shape index (κ3) is 4.03. The van der Waals surface area contributed by atoms with Crippen molar-refractivity contribution in [3.05, 3.63) is 62.9 Å². The minimum Gasteiger partial charge on any atom is -0.493 e. The van der Waals surface area contributed by atoms with Crippen LogP contribution in [-0.4, -0.2) is 32.2 Å². The Morgan fingerprint density at radius 3 is 2.14 bits per heavy atom.